The van der Waals surface area contributed by atoms with Crippen LogP contribution in [0.1, 0.15) is 33.2 Å². The van der Waals surface area contributed by atoms with Crippen molar-refractivity contribution in [3.05, 3.63) is 95.5 Å². The molecule has 0 fully saturated rings. The van der Waals surface area contributed by atoms with E-state index in [2.05, 4.69) is 25.9 Å². The largest absolute Gasteiger partial charge is 0.462 e. The fourth-order valence-electron chi connectivity index (χ4n) is 4.52. The molecule has 46 heavy (non-hydrogen) atoms. The highest BCUT2D eigenvalue weighted by Crippen LogP contribution is 2.42. The Morgan fingerprint density at radius 2 is 1.11 bits per heavy atom. The van der Waals surface area contributed by atoms with Gasteiger partial charge in [-0.2, -0.15) is 0 Å². The van der Waals surface area contributed by atoms with Gasteiger partial charge in [0.1, 0.15) is 9.75 Å². The second-order valence-electron chi connectivity index (χ2n) is 9.47. The van der Waals surface area contributed by atoms with E-state index in [1.54, 1.807) is 62.9 Å². The number of carbonyl (C=O) groups is 2. The Morgan fingerprint density at radius 3 is 1.59 bits per heavy atom. The second-order valence-corrected chi connectivity index (χ2v) is 14.1. The maximum atomic E-state index is 12.1. The van der Waals surface area contributed by atoms with E-state index in [-0.39, 0.29) is 5.97 Å². The summed E-state index contributed by atoms with van der Waals surface area (Å²) < 4.78 is 12.6. The van der Waals surface area contributed by atoms with Crippen molar-refractivity contribution in [2.75, 3.05) is 18.9 Å². The van der Waals surface area contributed by atoms with Gasteiger partial charge in [0.2, 0.25) is 0 Å². The molecule has 0 atom stereocenters. The van der Waals surface area contributed by atoms with E-state index in [9.17, 15) is 9.59 Å². The number of anilines is 1. The maximum absolute atomic E-state index is 12.1. The number of ether oxygens (including phenoxy) is 2. The number of thiophene rings is 2. The smallest absolute Gasteiger partial charge is 0.350 e. The number of aromatic nitrogens is 2. The van der Waals surface area contributed by atoms with Gasteiger partial charge in [0, 0.05) is 76.2 Å². The quantitative estimate of drug-likeness (QED) is 0.167. The Morgan fingerprint density at radius 1 is 0.696 bits per heavy atom. The predicted octanol–water partition coefficient (Wildman–Crippen LogP) is 11.2. The van der Waals surface area contributed by atoms with E-state index in [0.717, 1.165) is 37.0 Å². The standard InChI is InChI=1S/C16H10BrCl2NO2S.C16H12Cl2N2O2S/c1-2-22-16(21)15-13(17)12-7-20-6-11(14(12)23-15)8-3-9(18)5-10(19)4-8;1-2-22-16(21)15-13(19)12-7-20-6-11(14(12)23-15)8-3-9(17)5-10(18)4-8/h3-7H,2H2,1H3;3-7H,2,19H2,1H3. The fraction of sp³-hybridized carbons (Fsp3) is 0.125. The zero-order valence-corrected chi connectivity index (χ0v) is 30.2. The van der Waals surface area contributed by atoms with Crippen molar-refractivity contribution in [1.82, 2.24) is 9.97 Å². The average Bonchev–Trinajstić information content (AvgIpc) is 3.53. The summed E-state index contributed by atoms with van der Waals surface area (Å²) >= 11 is 30.5. The molecule has 6 aromatic rings. The summed E-state index contributed by atoms with van der Waals surface area (Å²) in [5, 5.41) is 3.72. The first-order valence-electron chi connectivity index (χ1n) is 13.5. The normalized spacial score (nSPS) is 10.9. The number of benzene rings is 2. The number of pyridine rings is 2. The number of fused-ring (bicyclic) bond motifs is 2. The Balaban J connectivity index is 0.000000181. The third-order valence-corrected chi connectivity index (χ3v) is 10.9. The highest BCUT2D eigenvalue weighted by atomic mass is 79.9. The van der Waals surface area contributed by atoms with Crippen molar-refractivity contribution in [3.63, 3.8) is 0 Å². The summed E-state index contributed by atoms with van der Waals surface area (Å²) in [4.78, 5) is 33.5. The molecular formula is C32H22BrCl4N3O4S2. The second kappa shape index (κ2) is 14.9. The molecule has 0 aliphatic carbocycles. The van der Waals surface area contributed by atoms with Crippen molar-refractivity contribution in [1.29, 1.82) is 0 Å². The van der Waals surface area contributed by atoms with Gasteiger partial charge in [-0.05, 0) is 77.3 Å². The molecule has 6 rings (SSSR count). The van der Waals surface area contributed by atoms with E-state index in [1.165, 1.54) is 22.7 Å². The van der Waals surface area contributed by atoms with Crippen molar-refractivity contribution in [3.8, 4) is 22.3 Å². The summed E-state index contributed by atoms with van der Waals surface area (Å²) in [5.74, 6) is -0.781. The third-order valence-electron chi connectivity index (χ3n) is 6.44. The van der Waals surface area contributed by atoms with Crippen LogP contribution < -0.4 is 5.73 Å². The minimum Gasteiger partial charge on any atom is -0.462 e. The van der Waals surface area contributed by atoms with E-state index in [4.69, 9.17) is 61.6 Å². The number of hydrogen-bond acceptors (Lipinski definition) is 9. The molecular weight excluding hydrogens is 776 g/mol. The molecule has 0 bridgehead atoms. The number of hydrogen-bond donors (Lipinski definition) is 1. The number of rotatable bonds is 6. The summed E-state index contributed by atoms with van der Waals surface area (Å²) in [6, 6.07) is 10.6. The summed E-state index contributed by atoms with van der Waals surface area (Å²) in [6.07, 6.45) is 6.80. The number of carbonyl (C=O) groups excluding carboxylic acids is 2. The van der Waals surface area contributed by atoms with E-state index in [1.807, 2.05) is 12.1 Å². The molecule has 2 aromatic carbocycles. The number of nitrogen functional groups attached to an aromatic ring is 1. The zero-order valence-electron chi connectivity index (χ0n) is 24.0. The lowest BCUT2D eigenvalue weighted by Crippen LogP contribution is -2.04. The maximum Gasteiger partial charge on any atom is 0.350 e. The fourth-order valence-corrected chi connectivity index (χ4v) is 8.62. The molecule has 14 heteroatoms. The van der Waals surface area contributed by atoms with Gasteiger partial charge in [0.25, 0.3) is 0 Å². The molecule has 0 saturated heterocycles. The van der Waals surface area contributed by atoms with Gasteiger partial charge in [-0.15, -0.1) is 22.7 Å². The monoisotopic (exact) mass is 795 g/mol. The van der Waals surface area contributed by atoms with Crippen LogP contribution in [-0.4, -0.2) is 35.1 Å². The summed E-state index contributed by atoms with van der Waals surface area (Å²) in [5.41, 5.74) is 9.83. The Bertz CT molecular complexity index is 1930. The van der Waals surface area contributed by atoms with Crippen LogP contribution in [0.4, 0.5) is 5.69 Å². The van der Waals surface area contributed by atoms with E-state index in [0.29, 0.717) is 58.6 Å². The molecule has 0 saturated carbocycles. The van der Waals surface area contributed by atoms with Crippen LogP contribution in [0.15, 0.2) is 65.7 Å². The van der Waals surface area contributed by atoms with Crippen LogP contribution >= 0.6 is 85.0 Å². The summed E-state index contributed by atoms with van der Waals surface area (Å²) in [6.45, 7) is 4.15. The van der Waals surface area contributed by atoms with Crippen molar-refractivity contribution >= 4 is 123 Å². The lowest BCUT2D eigenvalue weighted by Gasteiger charge is -2.04. The van der Waals surface area contributed by atoms with Crippen LogP contribution in [-0.2, 0) is 9.47 Å². The number of esters is 2. The number of nitrogens with two attached hydrogens (primary N) is 1. The van der Waals surface area contributed by atoms with Gasteiger partial charge >= 0.3 is 11.9 Å². The molecule has 0 aliphatic heterocycles. The molecule has 0 unspecified atom stereocenters. The molecule has 7 nitrogen and oxygen atoms in total. The van der Waals surface area contributed by atoms with Crippen LogP contribution in [0.25, 0.3) is 42.4 Å². The first-order chi connectivity index (χ1) is 22.0. The lowest BCUT2D eigenvalue weighted by atomic mass is 10.1. The topological polar surface area (TPSA) is 104 Å². The molecule has 0 aliphatic rings. The first kappa shape index (κ1) is 34.4. The van der Waals surface area contributed by atoms with Gasteiger partial charge in [0.05, 0.1) is 23.4 Å². The minimum atomic E-state index is -0.429. The zero-order chi connectivity index (χ0) is 33.1. The third kappa shape index (κ3) is 7.28. The average molecular weight is 798 g/mol. The van der Waals surface area contributed by atoms with Gasteiger partial charge in [-0.3, -0.25) is 9.97 Å². The molecule has 0 spiro atoms. The van der Waals surface area contributed by atoms with Gasteiger partial charge in [-0.25, -0.2) is 9.59 Å². The predicted molar refractivity (Wildman–Crippen MR) is 194 cm³/mol. The molecule has 4 aromatic heterocycles. The van der Waals surface area contributed by atoms with E-state index < -0.39 is 5.97 Å². The highest BCUT2D eigenvalue weighted by Gasteiger charge is 2.22. The lowest BCUT2D eigenvalue weighted by molar-refractivity contribution is 0.0522. The molecule has 4 heterocycles. The molecule has 0 amide bonds. The van der Waals surface area contributed by atoms with Crippen molar-refractivity contribution < 1.29 is 19.1 Å². The number of nitrogens with zero attached hydrogens (tertiary/aromatic N) is 2. The van der Waals surface area contributed by atoms with Crippen molar-refractivity contribution in [2.45, 2.75) is 13.8 Å². The molecule has 2 N–H and O–H groups in total. The Hall–Kier alpha value is -2.96. The number of halogens is 5. The van der Waals surface area contributed by atoms with Gasteiger partial charge in [0.15, 0.2) is 0 Å². The Labute approximate surface area is 300 Å². The van der Waals surface area contributed by atoms with Gasteiger partial charge in [-0.1, -0.05) is 46.4 Å². The minimum absolute atomic E-state index is 0.293. The van der Waals surface area contributed by atoms with Crippen LogP contribution in [0.3, 0.4) is 0 Å². The van der Waals surface area contributed by atoms with Crippen molar-refractivity contribution in [2.24, 2.45) is 0 Å². The molecule has 0 radical (unpaired) electrons. The Kier molecular flexibility index (Phi) is 11.1. The molecule has 236 valence electrons. The first-order valence-corrected chi connectivity index (χ1v) is 17.4. The van der Waals surface area contributed by atoms with Gasteiger partial charge < -0.3 is 15.2 Å². The van der Waals surface area contributed by atoms with Crippen LogP contribution in [0, 0.1) is 0 Å². The van der Waals surface area contributed by atoms with E-state index >= 15 is 0 Å². The van der Waals surface area contributed by atoms with Crippen LogP contribution in [0.5, 0.6) is 0 Å². The highest BCUT2D eigenvalue weighted by molar-refractivity contribution is 9.10. The SMILES string of the molecule is CCOC(=O)c1sc2c(-c3cc(Cl)cc(Cl)c3)cncc2c1Br.CCOC(=O)c1sc2c(-c3cc(Cl)cc(Cl)c3)cncc2c1N. The van der Waals surface area contributed by atoms with Crippen LogP contribution in [0.2, 0.25) is 20.1 Å². The summed E-state index contributed by atoms with van der Waals surface area (Å²) in [7, 11) is 0.